The molecular formula is C13H16N2O5. The maximum absolute atomic E-state index is 12.0. The minimum absolute atomic E-state index is 0.0541. The zero-order valence-corrected chi connectivity index (χ0v) is 10.7. The number of aromatic hydroxyl groups is 1. The average molecular weight is 280 g/mol. The molecule has 1 aliphatic heterocycles. The average Bonchev–Trinajstić information content (AvgIpc) is 2.41. The molecule has 0 aromatic heterocycles. The Bertz CT molecular complexity index is 523. The first-order valence-corrected chi connectivity index (χ1v) is 6.27. The van der Waals surface area contributed by atoms with Gasteiger partial charge in [0.15, 0.2) is 0 Å². The number of hydrogen-bond acceptors (Lipinski definition) is 4. The van der Waals surface area contributed by atoms with Crippen molar-refractivity contribution >= 4 is 17.7 Å². The minimum atomic E-state index is -1.15. The number of benzene rings is 1. The first-order chi connectivity index (χ1) is 9.47. The quantitative estimate of drug-likeness (QED) is 0.606. The second-order valence-corrected chi connectivity index (χ2v) is 4.69. The van der Waals surface area contributed by atoms with Crippen LogP contribution in [0.3, 0.4) is 0 Å². The monoisotopic (exact) mass is 280 g/mol. The normalized spacial score (nSPS) is 15.9. The molecule has 1 saturated heterocycles. The van der Waals surface area contributed by atoms with Crippen molar-refractivity contribution in [3.05, 3.63) is 23.8 Å². The molecule has 0 bridgehead atoms. The van der Waals surface area contributed by atoms with Crippen LogP contribution in [0, 0.1) is 0 Å². The second kappa shape index (κ2) is 5.79. The van der Waals surface area contributed by atoms with E-state index in [9.17, 15) is 19.8 Å². The van der Waals surface area contributed by atoms with Crippen LogP contribution in [0.25, 0.3) is 0 Å². The highest BCUT2D eigenvalue weighted by Gasteiger charge is 2.22. The van der Waals surface area contributed by atoms with Gasteiger partial charge in [0.1, 0.15) is 5.75 Å². The van der Waals surface area contributed by atoms with Crippen molar-refractivity contribution < 1.29 is 24.9 Å². The molecule has 1 fully saturated rings. The molecule has 1 aromatic rings. The molecule has 20 heavy (non-hydrogen) atoms. The Morgan fingerprint density at radius 3 is 2.45 bits per heavy atom. The highest BCUT2D eigenvalue weighted by molar-refractivity contribution is 5.93. The number of urea groups is 1. The molecule has 7 nitrogen and oxygen atoms in total. The lowest BCUT2D eigenvalue weighted by atomic mass is 10.1. The number of carbonyl (C=O) groups excluding carboxylic acids is 1. The summed E-state index contributed by atoms with van der Waals surface area (Å²) in [6.45, 7) is 0.891. The zero-order valence-electron chi connectivity index (χ0n) is 10.7. The number of carboxylic acids is 1. The lowest BCUT2D eigenvalue weighted by molar-refractivity contribution is 0.0696. The van der Waals surface area contributed by atoms with E-state index in [1.807, 2.05) is 0 Å². The number of carbonyl (C=O) groups is 2. The van der Waals surface area contributed by atoms with Gasteiger partial charge in [0.25, 0.3) is 0 Å². The Morgan fingerprint density at radius 2 is 1.90 bits per heavy atom. The summed E-state index contributed by atoms with van der Waals surface area (Å²) in [6, 6.07) is 3.35. The molecule has 0 unspecified atom stereocenters. The van der Waals surface area contributed by atoms with Crippen LogP contribution in [0.5, 0.6) is 5.75 Å². The number of phenols is 1. The number of likely N-dealkylation sites (tertiary alicyclic amines) is 1. The van der Waals surface area contributed by atoms with Crippen molar-refractivity contribution in [2.75, 3.05) is 18.4 Å². The number of phenolic OH excluding ortho intramolecular Hbond substituents is 1. The maximum atomic E-state index is 12.0. The van der Waals surface area contributed by atoms with E-state index in [1.165, 1.54) is 17.0 Å². The Hall–Kier alpha value is -2.28. The molecule has 0 radical (unpaired) electrons. The molecule has 0 spiro atoms. The number of rotatable bonds is 2. The fourth-order valence-corrected chi connectivity index (χ4v) is 2.03. The van der Waals surface area contributed by atoms with Gasteiger partial charge in [-0.2, -0.15) is 0 Å². The van der Waals surface area contributed by atoms with E-state index >= 15 is 0 Å². The summed E-state index contributed by atoms with van der Waals surface area (Å²) in [6.07, 6.45) is 0.677. The summed E-state index contributed by atoms with van der Waals surface area (Å²) in [5.74, 6) is -1.45. The highest BCUT2D eigenvalue weighted by atomic mass is 16.4. The largest absolute Gasteiger partial charge is 0.506 e. The Kier molecular flexibility index (Phi) is 4.09. The number of aliphatic hydroxyl groups is 1. The molecule has 108 valence electrons. The molecule has 2 amide bonds. The fourth-order valence-electron chi connectivity index (χ4n) is 2.03. The van der Waals surface area contributed by atoms with Gasteiger partial charge in [-0.3, -0.25) is 0 Å². The number of piperidine rings is 1. The number of carboxylic acid groups (broad SMARTS) is 1. The number of nitrogens with zero attached hydrogens (tertiary/aromatic N) is 1. The van der Waals surface area contributed by atoms with Gasteiger partial charge in [0.2, 0.25) is 0 Å². The molecule has 7 heteroatoms. The number of aliphatic hydroxyl groups excluding tert-OH is 1. The van der Waals surface area contributed by atoms with Gasteiger partial charge in [-0.05, 0) is 31.0 Å². The van der Waals surface area contributed by atoms with E-state index < -0.39 is 5.97 Å². The third-order valence-corrected chi connectivity index (χ3v) is 3.24. The Labute approximate surface area is 115 Å². The molecule has 0 atom stereocenters. The first kappa shape index (κ1) is 14.1. The van der Waals surface area contributed by atoms with Gasteiger partial charge in [-0.25, -0.2) is 9.59 Å². The molecule has 1 heterocycles. The number of amides is 2. The van der Waals surface area contributed by atoms with Crippen molar-refractivity contribution in [3.8, 4) is 5.75 Å². The predicted octanol–water partition coefficient (Wildman–Crippen LogP) is 1.08. The van der Waals surface area contributed by atoms with Crippen molar-refractivity contribution in [1.29, 1.82) is 0 Å². The van der Waals surface area contributed by atoms with Crippen molar-refractivity contribution in [2.45, 2.75) is 18.9 Å². The standard InChI is InChI=1S/C13H16N2O5/c16-9-3-5-15(6-4-9)13(20)14-10-2-1-8(12(18)19)7-11(10)17/h1-2,7,9,16-17H,3-6H2,(H,14,20)(H,18,19). The maximum Gasteiger partial charge on any atom is 0.335 e. The molecule has 1 aromatic carbocycles. The van der Waals surface area contributed by atoms with Gasteiger partial charge >= 0.3 is 12.0 Å². The smallest absolute Gasteiger partial charge is 0.335 e. The van der Waals surface area contributed by atoms with Crippen LogP contribution in [-0.4, -0.2) is 51.4 Å². The SMILES string of the molecule is O=C(O)c1ccc(NC(=O)N2CCC(O)CC2)c(O)c1. The Balaban J connectivity index is 2.02. The summed E-state index contributed by atoms with van der Waals surface area (Å²) in [7, 11) is 0. The third kappa shape index (κ3) is 3.18. The van der Waals surface area contributed by atoms with Gasteiger partial charge in [0, 0.05) is 13.1 Å². The van der Waals surface area contributed by atoms with E-state index in [0.29, 0.717) is 25.9 Å². The molecule has 0 saturated carbocycles. The van der Waals surface area contributed by atoms with Crippen LogP contribution < -0.4 is 5.32 Å². The van der Waals surface area contributed by atoms with Crippen LogP contribution in [-0.2, 0) is 0 Å². The molecule has 1 aliphatic rings. The van der Waals surface area contributed by atoms with E-state index in [0.717, 1.165) is 6.07 Å². The van der Waals surface area contributed by atoms with Crippen LogP contribution in [0.4, 0.5) is 10.5 Å². The van der Waals surface area contributed by atoms with E-state index in [1.54, 1.807) is 0 Å². The third-order valence-electron chi connectivity index (χ3n) is 3.24. The van der Waals surface area contributed by atoms with Crippen LogP contribution >= 0.6 is 0 Å². The van der Waals surface area contributed by atoms with E-state index in [4.69, 9.17) is 5.11 Å². The first-order valence-electron chi connectivity index (χ1n) is 6.27. The van der Waals surface area contributed by atoms with Crippen molar-refractivity contribution in [2.24, 2.45) is 0 Å². The fraction of sp³-hybridized carbons (Fsp3) is 0.385. The van der Waals surface area contributed by atoms with E-state index in [-0.39, 0.29) is 29.1 Å². The topological polar surface area (TPSA) is 110 Å². The van der Waals surface area contributed by atoms with Crippen molar-refractivity contribution in [1.82, 2.24) is 4.90 Å². The van der Waals surface area contributed by atoms with Crippen LogP contribution in [0.2, 0.25) is 0 Å². The molecule has 0 aliphatic carbocycles. The van der Waals surface area contributed by atoms with Gasteiger partial charge in [-0.1, -0.05) is 0 Å². The van der Waals surface area contributed by atoms with Gasteiger partial charge in [-0.15, -0.1) is 0 Å². The summed E-state index contributed by atoms with van der Waals surface area (Å²) < 4.78 is 0. The van der Waals surface area contributed by atoms with Crippen LogP contribution in [0.15, 0.2) is 18.2 Å². The number of anilines is 1. The second-order valence-electron chi connectivity index (χ2n) is 4.69. The van der Waals surface area contributed by atoms with Crippen LogP contribution in [0.1, 0.15) is 23.2 Å². The zero-order chi connectivity index (χ0) is 14.7. The molecular weight excluding hydrogens is 264 g/mol. The minimum Gasteiger partial charge on any atom is -0.506 e. The summed E-state index contributed by atoms with van der Waals surface area (Å²) in [5.41, 5.74) is 0.104. The summed E-state index contributed by atoms with van der Waals surface area (Å²) in [5, 5.41) is 30.4. The lowest BCUT2D eigenvalue weighted by Gasteiger charge is -2.29. The highest BCUT2D eigenvalue weighted by Crippen LogP contribution is 2.25. The lowest BCUT2D eigenvalue weighted by Crippen LogP contribution is -2.42. The van der Waals surface area contributed by atoms with Crippen molar-refractivity contribution in [3.63, 3.8) is 0 Å². The van der Waals surface area contributed by atoms with Gasteiger partial charge < -0.3 is 25.5 Å². The molecule has 4 N–H and O–H groups in total. The Morgan fingerprint density at radius 1 is 1.25 bits per heavy atom. The van der Waals surface area contributed by atoms with E-state index in [2.05, 4.69) is 5.32 Å². The predicted molar refractivity (Wildman–Crippen MR) is 70.9 cm³/mol. The number of nitrogens with one attached hydrogen (secondary N) is 1. The number of aromatic carboxylic acids is 1. The number of hydrogen-bond donors (Lipinski definition) is 4. The van der Waals surface area contributed by atoms with Gasteiger partial charge in [0.05, 0.1) is 17.4 Å². The summed E-state index contributed by atoms with van der Waals surface area (Å²) >= 11 is 0. The summed E-state index contributed by atoms with van der Waals surface area (Å²) in [4.78, 5) is 24.2. The molecule has 2 rings (SSSR count).